The molecule has 0 heterocycles. The van der Waals surface area contributed by atoms with Crippen LogP contribution in [0.25, 0.3) is 0 Å². The minimum atomic E-state index is -2.27. The molecule has 3 nitrogen and oxygen atoms in total. The summed E-state index contributed by atoms with van der Waals surface area (Å²) >= 11 is -1.52. The Morgan fingerprint density at radius 2 is 1.20 bits per heavy atom. The minimum absolute atomic E-state index is 0.750. The van der Waals surface area contributed by atoms with E-state index >= 15 is 0 Å². The molecule has 0 aromatic heterocycles. The van der Waals surface area contributed by atoms with Crippen LogP contribution >= 0.6 is 0 Å². The first kappa shape index (κ1) is 9.37. The molecule has 0 amide bonds. The van der Waals surface area contributed by atoms with Crippen molar-refractivity contribution in [1.82, 2.24) is 0 Å². The summed E-state index contributed by atoms with van der Waals surface area (Å²) in [5, 5.41) is 0. The van der Waals surface area contributed by atoms with E-state index in [0.717, 1.165) is 20.4 Å². The Morgan fingerprint density at radius 3 is 1.20 bits per heavy atom. The summed E-state index contributed by atoms with van der Waals surface area (Å²) in [6.07, 6.45) is 0. The summed E-state index contributed by atoms with van der Waals surface area (Å²) in [5.74, 6) is 0. The molecule has 0 bridgehead atoms. The molecule has 0 spiro atoms. The monoisotopic (exact) mass is 186 g/mol. The number of hydrogen-bond donors (Lipinski definition) is 0. The van der Waals surface area contributed by atoms with E-state index in [1.54, 1.807) is 0 Å². The van der Waals surface area contributed by atoms with Crippen LogP contribution in [-0.4, -0.2) is 0 Å². The number of rotatable bonds is 0. The van der Waals surface area contributed by atoms with Crippen LogP contribution in [0, 0.1) is 0 Å². The predicted octanol–water partition coefficient (Wildman–Crippen LogP) is -0.361. The molecule has 0 aromatic carbocycles. The molecule has 0 aliphatic carbocycles. The summed E-state index contributed by atoms with van der Waals surface area (Å²) in [6.45, 7) is 0. The molecule has 0 aromatic rings. The summed E-state index contributed by atoms with van der Waals surface area (Å²) < 4.78 is 25.3. The van der Waals surface area contributed by atoms with Crippen molar-refractivity contribution in [3.63, 3.8) is 0 Å². The van der Waals surface area contributed by atoms with E-state index in [1.165, 1.54) is 0 Å². The van der Waals surface area contributed by atoms with Gasteiger partial charge in [0.2, 0.25) is 0 Å². The first-order valence-electron chi connectivity index (χ1n) is 0.612. The van der Waals surface area contributed by atoms with Crippen molar-refractivity contribution in [3.05, 3.63) is 0 Å². The van der Waals surface area contributed by atoms with Gasteiger partial charge in [-0.05, 0) is 0 Å². The van der Waals surface area contributed by atoms with Crippen LogP contribution in [0.15, 0.2) is 0 Å². The Kier molecular flexibility index (Phi) is 37.5. The van der Waals surface area contributed by atoms with Crippen LogP contribution in [0.3, 0.4) is 0 Å². The molecule has 0 aliphatic rings. The van der Waals surface area contributed by atoms with Gasteiger partial charge in [-0.1, -0.05) is 0 Å². The second-order valence-corrected chi connectivity index (χ2v) is 0.493. The Labute approximate surface area is 52.3 Å². The van der Waals surface area contributed by atoms with Gasteiger partial charge in [-0.2, -0.15) is 0 Å². The van der Waals surface area contributed by atoms with Gasteiger partial charge in [-0.15, -0.1) is 0 Å². The molecule has 0 N–H and O–H groups in total. The maximum atomic E-state index is 8.54. The van der Waals surface area contributed by atoms with Gasteiger partial charge in [0, 0.05) is 0 Å². The molecule has 0 atom stereocenters. The van der Waals surface area contributed by atoms with E-state index in [-0.39, 0.29) is 0 Å². The quantitative estimate of drug-likeness (QED) is 0.486. The van der Waals surface area contributed by atoms with Crippen LogP contribution in [0.1, 0.15) is 0 Å². The van der Waals surface area contributed by atoms with Crippen molar-refractivity contribution in [2.24, 2.45) is 0 Å². The Balaban J connectivity index is 0. The molecule has 0 rings (SSSR count). The van der Waals surface area contributed by atoms with E-state index < -0.39 is 23.2 Å². The first-order chi connectivity index (χ1) is 2.41. The Bertz CT molecular complexity index is 36.2. The summed E-state index contributed by atoms with van der Waals surface area (Å²) in [7, 11) is 0. The van der Waals surface area contributed by atoms with Crippen molar-refractivity contribution >= 4 is 0 Å². The standard InChI is InChI=1S/3O.Ti.Zr. The Hall–Kier alpha value is 0.997. The molecule has 5 heteroatoms. The van der Waals surface area contributed by atoms with Crippen LogP contribution in [0.4, 0.5) is 0 Å². The van der Waals surface area contributed by atoms with Crippen molar-refractivity contribution < 1.29 is 52.6 Å². The second-order valence-electron chi connectivity index (χ2n) is 0.0833. The first-order valence-corrected chi connectivity index (χ1v) is 3.26. The molecule has 5 heavy (non-hydrogen) atoms. The van der Waals surface area contributed by atoms with Gasteiger partial charge >= 0.3 is 52.6 Å². The van der Waals surface area contributed by atoms with Gasteiger partial charge in [0.05, 0.1) is 0 Å². The van der Waals surface area contributed by atoms with Crippen LogP contribution in [-0.2, 0) is 52.6 Å². The van der Waals surface area contributed by atoms with Crippen LogP contribution in [0.2, 0.25) is 0 Å². The van der Waals surface area contributed by atoms with Gasteiger partial charge in [-0.3, -0.25) is 0 Å². The fourth-order valence-electron chi connectivity index (χ4n) is 0. The van der Waals surface area contributed by atoms with Crippen molar-refractivity contribution in [2.75, 3.05) is 0 Å². The van der Waals surface area contributed by atoms with E-state index in [9.17, 15) is 0 Å². The van der Waals surface area contributed by atoms with Crippen LogP contribution in [0.5, 0.6) is 0 Å². The van der Waals surface area contributed by atoms with Crippen molar-refractivity contribution in [2.45, 2.75) is 0 Å². The third kappa shape index (κ3) is 45.1. The molecule has 0 aliphatic heterocycles. The molecule has 0 saturated heterocycles. The van der Waals surface area contributed by atoms with Gasteiger partial charge in [0.15, 0.2) is 0 Å². The van der Waals surface area contributed by atoms with E-state index in [0.29, 0.717) is 0 Å². The molecular formula is O3TiZr. The Morgan fingerprint density at radius 1 is 1.20 bits per heavy atom. The molecule has 0 unspecified atom stereocenters. The molecular weight excluding hydrogens is 187 g/mol. The SMILES string of the molecule is [O]=[Ti].[O]=[Zr]=[O]. The summed E-state index contributed by atoms with van der Waals surface area (Å²) in [6, 6.07) is 0. The molecule has 26 valence electrons. The summed E-state index contributed by atoms with van der Waals surface area (Å²) in [5.41, 5.74) is 0. The van der Waals surface area contributed by atoms with E-state index in [2.05, 4.69) is 0 Å². The third-order valence-electron chi connectivity index (χ3n) is 0. The van der Waals surface area contributed by atoms with Crippen molar-refractivity contribution in [3.8, 4) is 0 Å². The second kappa shape index (κ2) is 20.0. The van der Waals surface area contributed by atoms with Crippen molar-refractivity contribution in [1.29, 1.82) is 0 Å². The number of hydrogen-bond acceptors (Lipinski definition) is 3. The zero-order valence-corrected chi connectivity index (χ0v) is 6.24. The molecule has 0 radical (unpaired) electrons. The third-order valence-corrected chi connectivity index (χ3v) is 0. The van der Waals surface area contributed by atoms with Gasteiger partial charge in [-0.25, -0.2) is 0 Å². The van der Waals surface area contributed by atoms with Gasteiger partial charge < -0.3 is 0 Å². The molecule has 0 saturated carbocycles. The predicted molar refractivity (Wildman–Crippen MR) is 2.06 cm³/mol. The average Bonchev–Trinajstić information content (AvgIpc) is 1.46. The molecule has 0 fully saturated rings. The zero-order chi connectivity index (χ0) is 4.71. The maximum absolute atomic E-state index is 8.54. The van der Waals surface area contributed by atoms with Crippen LogP contribution < -0.4 is 0 Å². The van der Waals surface area contributed by atoms with Gasteiger partial charge in [0.25, 0.3) is 0 Å². The fourth-order valence-corrected chi connectivity index (χ4v) is 0. The van der Waals surface area contributed by atoms with E-state index in [4.69, 9.17) is 8.95 Å². The zero-order valence-electron chi connectivity index (χ0n) is 2.22. The average molecular weight is 187 g/mol. The van der Waals surface area contributed by atoms with E-state index in [1.807, 2.05) is 0 Å². The van der Waals surface area contributed by atoms with Gasteiger partial charge in [0.1, 0.15) is 0 Å². The summed E-state index contributed by atoms with van der Waals surface area (Å²) in [4.78, 5) is 0. The normalized spacial score (nSPS) is 2.20. The fraction of sp³-hybridized carbons (Fsp3) is 0. The topological polar surface area (TPSA) is 51.2 Å².